The summed E-state index contributed by atoms with van der Waals surface area (Å²) in [6.07, 6.45) is 0. The van der Waals surface area contributed by atoms with E-state index in [1.807, 2.05) is 48.5 Å². The van der Waals surface area contributed by atoms with Crippen molar-refractivity contribution in [2.45, 2.75) is 10.8 Å². The van der Waals surface area contributed by atoms with Crippen LogP contribution in [0.15, 0.2) is 69.1 Å². The maximum atomic E-state index is 8.95. The van der Waals surface area contributed by atoms with Crippen LogP contribution >= 0.6 is 27.7 Å². The number of amidine groups is 1. The van der Waals surface area contributed by atoms with E-state index in [2.05, 4.69) is 27.2 Å². The fraction of sp³-hybridized carbons (Fsp3) is 0.133. The summed E-state index contributed by atoms with van der Waals surface area (Å²) in [6, 6.07) is 17.9. The molecule has 0 bridgehead atoms. The first kappa shape index (κ1) is 14.9. The number of oxime groups is 1. The van der Waals surface area contributed by atoms with Crippen molar-refractivity contribution in [3.8, 4) is 0 Å². The SMILES string of the molecule is NC(=NO)C(CSc1cccc(Br)c1)c1ccccc1. The van der Waals surface area contributed by atoms with Gasteiger partial charge in [0, 0.05) is 15.1 Å². The number of rotatable bonds is 5. The van der Waals surface area contributed by atoms with Crippen molar-refractivity contribution in [2.75, 3.05) is 5.75 Å². The van der Waals surface area contributed by atoms with E-state index in [0.717, 1.165) is 20.7 Å². The Morgan fingerprint density at radius 3 is 2.60 bits per heavy atom. The van der Waals surface area contributed by atoms with E-state index in [1.165, 1.54) is 0 Å². The van der Waals surface area contributed by atoms with Crippen LogP contribution in [0.1, 0.15) is 11.5 Å². The van der Waals surface area contributed by atoms with Gasteiger partial charge in [0.05, 0.1) is 5.92 Å². The summed E-state index contributed by atoms with van der Waals surface area (Å²) in [4.78, 5) is 1.14. The number of nitrogens with zero attached hydrogens (tertiary/aromatic N) is 1. The molecule has 0 aliphatic carbocycles. The van der Waals surface area contributed by atoms with Crippen LogP contribution < -0.4 is 5.73 Å². The summed E-state index contributed by atoms with van der Waals surface area (Å²) >= 11 is 5.13. The quantitative estimate of drug-likeness (QED) is 0.281. The van der Waals surface area contributed by atoms with Crippen molar-refractivity contribution in [3.05, 3.63) is 64.6 Å². The van der Waals surface area contributed by atoms with Crippen LogP contribution in [0.5, 0.6) is 0 Å². The zero-order valence-corrected chi connectivity index (χ0v) is 13.1. The first-order valence-corrected chi connectivity index (χ1v) is 7.89. The summed E-state index contributed by atoms with van der Waals surface area (Å²) in [5, 5.41) is 12.1. The largest absolute Gasteiger partial charge is 0.409 e. The topological polar surface area (TPSA) is 58.6 Å². The van der Waals surface area contributed by atoms with E-state index >= 15 is 0 Å². The number of nitrogens with two attached hydrogens (primary N) is 1. The smallest absolute Gasteiger partial charge is 0.147 e. The van der Waals surface area contributed by atoms with Gasteiger partial charge in [0.2, 0.25) is 0 Å². The van der Waals surface area contributed by atoms with Gasteiger partial charge >= 0.3 is 0 Å². The maximum Gasteiger partial charge on any atom is 0.147 e. The molecule has 0 fully saturated rings. The highest BCUT2D eigenvalue weighted by molar-refractivity contribution is 9.10. The second kappa shape index (κ2) is 7.36. The van der Waals surface area contributed by atoms with Crippen molar-refractivity contribution in [2.24, 2.45) is 10.9 Å². The van der Waals surface area contributed by atoms with Gasteiger partial charge in [-0.1, -0.05) is 57.5 Å². The van der Waals surface area contributed by atoms with Gasteiger partial charge < -0.3 is 10.9 Å². The molecule has 1 atom stereocenters. The van der Waals surface area contributed by atoms with Gasteiger partial charge in [-0.3, -0.25) is 0 Å². The minimum Gasteiger partial charge on any atom is -0.409 e. The predicted octanol–water partition coefficient (Wildman–Crippen LogP) is 4.07. The monoisotopic (exact) mass is 350 g/mol. The molecule has 0 aliphatic rings. The van der Waals surface area contributed by atoms with Crippen LogP contribution in [0.3, 0.4) is 0 Å². The molecule has 0 amide bonds. The molecule has 0 saturated carbocycles. The molecule has 0 heterocycles. The number of thioether (sulfide) groups is 1. The highest BCUT2D eigenvalue weighted by Gasteiger charge is 2.16. The Balaban J connectivity index is 2.13. The normalized spacial score (nSPS) is 13.2. The van der Waals surface area contributed by atoms with E-state index < -0.39 is 0 Å². The van der Waals surface area contributed by atoms with E-state index in [4.69, 9.17) is 10.9 Å². The number of hydrogen-bond donors (Lipinski definition) is 2. The Morgan fingerprint density at radius 1 is 1.20 bits per heavy atom. The zero-order chi connectivity index (χ0) is 14.4. The van der Waals surface area contributed by atoms with Gasteiger partial charge in [0.25, 0.3) is 0 Å². The summed E-state index contributed by atoms with van der Waals surface area (Å²) in [5.74, 6) is 0.847. The van der Waals surface area contributed by atoms with E-state index in [1.54, 1.807) is 11.8 Å². The van der Waals surface area contributed by atoms with Crippen LogP contribution in [0.2, 0.25) is 0 Å². The summed E-state index contributed by atoms with van der Waals surface area (Å²) < 4.78 is 1.04. The molecule has 0 spiro atoms. The maximum absolute atomic E-state index is 8.95. The molecule has 0 aromatic heterocycles. The highest BCUT2D eigenvalue weighted by atomic mass is 79.9. The second-order valence-corrected chi connectivity index (χ2v) is 6.27. The third-order valence-electron chi connectivity index (χ3n) is 2.89. The molecule has 2 aromatic carbocycles. The Hall–Kier alpha value is -1.46. The molecule has 104 valence electrons. The first-order chi connectivity index (χ1) is 9.70. The molecule has 2 rings (SSSR count). The number of benzene rings is 2. The average molecular weight is 351 g/mol. The van der Waals surface area contributed by atoms with Crippen LogP contribution in [0.25, 0.3) is 0 Å². The fourth-order valence-electron chi connectivity index (χ4n) is 1.84. The van der Waals surface area contributed by atoms with Crippen molar-refractivity contribution in [1.29, 1.82) is 0 Å². The molecule has 2 aromatic rings. The van der Waals surface area contributed by atoms with Crippen molar-refractivity contribution in [3.63, 3.8) is 0 Å². The minimum atomic E-state index is -0.106. The Labute approximate surface area is 131 Å². The molecular formula is C15H15BrN2OS. The van der Waals surface area contributed by atoms with Crippen LogP contribution in [0.4, 0.5) is 0 Å². The average Bonchev–Trinajstić information content (AvgIpc) is 2.48. The molecule has 0 saturated heterocycles. The van der Waals surface area contributed by atoms with Crippen LogP contribution in [0, 0.1) is 0 Å². The molecule has 0 aliphatic heterocycles. The van der Waals surface area contributed by atoms with Crippen molar-refractivity contribution < 1.29 is 5.21 Å². The van der Waals surface area contributed by atoms with Gasteiger partial charge in [0.1, 0.15) is 5.84 Å². The van der Waals surface area contributed by atoms with Gasteiger partial charge in [0.15, 0.2) is 0 Å². The van der Waals surface area contributed by atoms with E-state index in [-0.39, 0.29) is 11.8 Å². The Kier molecular flexibility index (Phi) is 5.49. The summed E-state index contributed by atoms with van der Waals surface area (Å²) in [5.41, 5.74) is 6.87. The first-order valence-electron chi connectivity index (χ1n) is 6.11. The predicted molar refractivity (Wildman–Crippen MR) is 87.5 cm³/mol. The highest BCUT2D eigenvalue weighted by Crippen LogP contribution is 2.28. The second-order valence-electron chi connectivity index (χ2n) is 4.26. The molecule has 3 nitrogen and oxygen atoms in total. The minimum absolute atomic E-state index is 0.106. The summed E-state index contributed by atoms with van der Waals surface area (Å²) in [6.45, 7) is 0. The molecule has 5 heteroatoms. The number of halogens is 1. The number of hydrogen-bond acceptors (Lipinski definition) is 3. The molecule has 20 heavy (non-hydrogen) atoms. The van der Waals surface area contributed by atoms with Crippen LogP contribution in [-0.4, -0.2) is 16.8 Å². The van der Waals surface area contributed by atoms with E-state index in [9.17, 15) is 0 Å². The molecule has 3 N–H and O–H groups in total. The third kappa shape index (κ3) is 4.02. The lowest BCUT2D eigenvalue weighted by atomic mass is 10.0. The zero-order valence-electron chi connectivity index (χ0n) is 10.7. The van der Waals surface area contributed by atoms with Gasteiger partial charge in [-0.25, -0.2) is 0 Å². The summed E-state index contributed by atoms with van der Waals surface area (Å²) in [7, 11) is 0. The van der Waals surface area contributed by atoms with Crippen molar-refractivity contribution >= 4 is 33.5 Å². The molecule has 0 radical (unpaired) electrons. The lowest BCUT2D eigenvalue weighted by Crippen LogP contribution is -2.23. The lowest BCUT2D eigenvalue weighted by Gasteiger charge is -2.15. The van der Waals surface area contributed by atoms with Crippen LogP contribution in [-0.2, 0) is 0 Å². The van der Waals surface area contributed by atoms with Gasteiger partial charge in [-0.05, 0) is 23.8 Å². The van der Waals surface area contributed by atoms with Gasteiger partial charge in [-0.2, -0.15) is 0 Å². The molecule has 1 unspecified atom stereocenters. The lowest BCUT2D eigenvalue weighted by molar-refractivity contribution is 0.316. The van der Waals surface area contributed by atoms with E-state index in [0.29, 0.717) is 0 Å². The van der Waals surface area contributed by atoms with Crippen molar-refractivity contribution in [1.82, 2.24) is 0 Å². The molecular weight excluding hydrogens is 336 g/mol. The third-order valence-corrected chi connectivity index (χ3v) is 4.47. The Bertz CT molecular complexity index is 589. The standard InChI is InChI=1S/C15H15BrN2OS/c16-12-7-4-8-13(9-12)20-10-14(15(17)18-19)11-5-2-1-3-6-11/h1-9,14,19H,10H2,(H2,17,18). The fourth-order valence-corrected chi connectivity index (χ4v) is 3.50. The van der Waals surface area contributed by atoms with Gasteiger partial charge in [-0.15, -0.1) is 11.8 Å². The Morgan fingerprint density at radius 2 is 1.95 bits per heavy atom.